The molecule has 0 N–H and O–H groups in total. The van der Waals surface area contributed by atoms with Crippen molar-refractivity contribution < 1.29 is 0 Å². The fourth-order valence-corrected chi connectivity index (χ4v) is 7.23. The number of hydrogen-bond acceptors (Lipinski definition) is 4. The zero-order valence-corrected chi connectivity index (χ0v) is 27.0. The van der Waals surface area contributed by atoms with Gasteiger partial charge in [0.25, 0.3) is 0 Å². The Balaban J connectivity index is 1.13. The standard InChI is InChI=1S/C46H28N4/c1-3-11-29(12-4-1)40-28-41(49-46(48-40)38-27-35-17-9-15-31-23-24-32-16-10-19-36(38)43(32)42(31)35)30-21-25-34(26-22-30)45-47-39-20-8-7-18-37(39)44(50-45)33-13-5-2-6-14-33/h1-28H. The lowest BCUT2D eigenvalue weighted by atomic mass is 9.91. The topological polar surface area (TPSA) is 51.6 Å². The zero-order chi connectivity index (χ0) is 33.0. The molecule has 4 heteroatoms. The second-order valence-corrected chi connectivity index (χ2v) is 12.7. The highest BCUT2D eigenvalue weighted by Gasteiger charge is 2.18. The Bertz CT molecular complexity index is 2850. The highest BCUT2D eigenvalue weighted by atomic mass is 14.9. The number of benzene rings is 8. The zero-order valence-electron chi connectivity index (χ0n) is 27.0. The Hall–Kier alpha value is -6.78. The average Bonchev–Trinajstić information content (AvgIpc) is 3.20. The minimum Gasteiger partial charge on any atom is -0.228 e. The van der Waals surface area contributed by atoms with E-state index in [2.05, 4.69) is 127 Å². The first-order chi connectivity index (χ1) is 24.8. The molecule has 2 heterocycles. The van der Waals surface area contributed by atoms with Crippen molar-refractivity contribution in [2.75, 3.05) is 0 Å². The summed E-state index contributed by atoms with van der Waals surface area (Å²) in [5.41, 5.74) is 8.66. The van der Waals surface area contributed by atoms with Gasteiger partial charge in [0.15, 0.2) is 11.6 Å². The van der Waals surface area contributed by atoms with Crippen LogP contribution in [0.4, 0.5) is 0 Å². The van der Waals surface area contributed by atoms with Gasteiger partial charge < -0.3 is 0 Å². The van der Waals surface area contributed by atoms with E-state index in [1.165, 1.54) is 26.9 Å². The van der Waals surface area contributed by atoms with Crippen LogP contribution >= 0.6 is 0 Å². The summed E-state index contributed by atoms with van der Waals surface area (Å²) in [5, 5.41) is 8.37. The van der Waals surface area contributed by atoms with Gasteiger partial charge in [-0.1, -0.05) is 152 Å². The number of rotatable bonds is 5. The Morgan fingerprint density at radius 2 is 0.900 bits per heavy atom. The molecular weight excluding hydrogens is 609 g/mol. The molecule has 8 aromatic carbocycles. The van der Waals surface area contributed by atoms with E-state index in [0.717, 1.165) is 61.2 Å². The summed E-state index contributed by atoms with van der Waals surface area (Å²) in [6.45, 7) is 0. The molecule has 0 spiro atoms. The summed E-state index contributed by atoms with van der Waals surface area (Å²) < 4.78 is 0. The van der Waals surface area contributed by atoms with Gasteiger partial charge in [0, 0.05) is 33.2 Å². The van der Waals surface area contributed by atoms with Gasteiger partial charge in [-0.25, -0.2) is 19.9 Å². The summed E-state index contributed by atoms with van der Waals surface area (Å²) in [7, 11) is 0. The molecule has 2 aromatic heterocycles. The van der Waals surface area contributed by atoms with Gasteiger partial charge in [0.05, 0.1) is 22.6 Å². The van der Waals surface area contributed by atoms with Gasteiger partial charge in [-0.2, -0.15) is 0 Å². The SMILES string of the molecule is c1ccc(-c2cc(-c3ccc(-c4nc(-c5ccccc5)c5ccccc5n4)cc3)nc(-c3cc4cccc5ccc6cccc3c6c54)n2)cc1. The highest BCUT2D eigenvalue weighted by Crippen LogP contribution is 2.40. The van der Waals surface area contributed by atoms with Gasteiger partial charge in [-0.05, 0) is 50.5 Å². The van der Waals surface area contributed by atoms with Crippen LogP contribution in [0.3, 0.4) is 0 Å². The molecule has 0 amide bonds. The first kappa shape index (κ1) is 28.3. The third kappa shape index (κ3) is 4.69. The Morgan fingerprint density at radius 3 is 1.66 bits per heavy atom. The van der Waals surface area contributed by atoms with Gasteiger partial charge >= 0.3 is 0 Å². The normalized spacial score (nSPS) is 11.6. The molecule has 0 aliphatic carbocycles. The maximum Gasteiger partial charge on any atom is 0.161 e. The second kappa shape index (κ2) is 11.4. The minimum absolute atomic E-state index is 0.691. The molecule has 0 aliphatic heterocycles. The van der Waals surface area contributed by atoms with E-state index in [4.69, 9.17) is 19.9 Å². The molecule has 0 radical (unpaired) electrons. The summed E-state index contributed by atoms with van der Waals surface area (Å²) in [5.74, 6) is 1.39. The molecule has 0 saturated carbocycles. The van der Waals surface area contributed by atoms with Crippen molar-refractivity contribution in [1.29, 1.82) is 0 Å². The molecule has 0 saturated heterocycles. The van der Waals surface area contributed by atoms with Crippen molar-refractivity contribution in [1.82, 2.24) is 19.9 Å². The average molecular weight is 637 g/mol. The number of nitrogens with zero attached hydrogens (tertiary/aromatic N) is 4. The maximum atomic E-state index is 5.26. The predicted molar refractivity (Wildman–Crippen MR) is 206 cm³/mol. The summed E-state index contributed by atoms with van der Waals surface area (Å²) in [4.78, 5) is 20.5. The molecule has 232 valence electrons. The maximum absolute atomic E-state index is 5.26. The molecule has 0 fully saturated rings. The number of hydrogen-bond donors (Lipinski definition) is 0. The number of fused-ring (bicyclic) bond motifs is 1. The summed E-state index contributed by atoms with van der Waals surface area (Å²) in [6, 6.07) is 59.1. The third-order valence-electron chi connectivity index (χ3n) is 9.63. The van der Waals surface area contributed by atoms with Gasteiger partial charge in [0.1, 0.15) is 0 Å². The smallest absolute Gasteiger partial charge is 0.161 e. The monoisotopic (exact) mass is 636 g/mol. The van der Waals surface area contributed by atoms with E-state index in [-0.39, 0.29) is 0 Å². The van der Waals surface area contributed by atoms with Crippen LogP contribution in [-0.2, 0) is 0 Å². The van der Waals surface area contributed by atoms with Crippen molar-refractivity contribution in [2.45, 2.75) is 0 Å². The summed E-state index contributed by atoms with van der Waals surface area (Å²) in [6.07, 6.45) is 0. The van der Waals surface area contributed by atoms with Crippen molar-refractivity contribution in [3.05, 3.63) is 170 Å². The van der Waals surface area contributed by atoms with E-state index in [0.29, 0.717) is 11.6 Å². The lowest BCUT2D eigenvalue weighted by Gasteiger charge is -2.15. The van der Waals surface area contributed by atoms with Crippen LogP contribution < -0.4 is 0 Å². The van der Waals surface area contributed by atoms with Crippen LogP contribution in [0, 0.1) is 0 Å². The second-order valence-electron chi connectivity index (χ2n) is 12.7. The van der Waals surface area contributed by atoms with Crippen LogP contribution in [-0.4, -0.2) is 19.9 Å². The lowest BCUT2D eigenvalue weighted by molar-refractivity contribution is 1.19. The molecule has 10 aromatic rings. The molecule has 0 bridgehead atoms. The Labute approximate surface area is 288 Å². The molecule has 0 unspecified atom stereocenters. The number of aromatic nitrogens is 4. The van der Waals surface area contributed by atoms with Crippen LogP contribution in [0.25, 0.3) is 99.8 Å². The molecule has 0 aliphatic rings. The van der Waals surface area contributed by atoms with E-state index in [9.17, 15) is 0 Å². The Kier molecular flexibility index (Phi) is 6.46. The van der Waals surface area contributed by atoms with Gasteiger partial charge in [0.2, 0.25) is 0 Å². The van der Waals surface area contributed by atoms with Crippen molar-refractivity contribution >= 4 is 43.2 Å². The predicted octanol–water partition coefficient (Wildman–Crippen LogP) is 11.7. The van der Waals surface area contributed by atoms with E-state index < -0.39 is 0 Å². The Morgan fingerprint density at radius 1 is 0.320 bits per heavy atom. The molecule has 10 rings (SSSR count). The summed E-state index contributed by atoms with van der Waals surface area (Å²) >= 11 is 0. The van der Waals surface area contributed by atoms with Crippen molar-refractivity contribution in [3.63, 3.8) is 0 Å². The largest absolute Gasteiger partial charge is 0.228 e. The highest BCUT2D eigenvalue weighted by molar-refractivity contribution is 6.26. The number of para-hydroxylation sites is 1. The van der Waals surface area contributed by atoms with Gasteiger partial charge in [-0.3, -0.25) is 0 Å². The molecule has 50 heavy (non-hydrogen) atoms. The minimum atomic E-state index is 0.691. The van der Waals surface area contributed by atoms with Crippen molar-refractivity contribution in [2.24, 2.45) is 0 Å². The van der Waals surface area contributed by atoms with Crippen LogP contribution in [0.1, 0.15) is 0 Å². The van der Waals surface area contributed by atoms with Crippen LogP contribution in [0.15, 0.2) is 170 Å². The third-order valence-corrected chi connectivity index (χ3v) is 9.63. The van der Waals surface area contributed by atoms with Crippen LogP contribution in [0.2, 0.25) is 0 Å². The molecule has 4 nitrogen and oxygen atoms in total. The van der Waals surface area contributed by atoms with Crippen molar-refractivity contribution in [3.8, 4) is 56.5 Å². The first-order valence-corrected chi connectivity index (χ1v) is 16.8. The molecular formula is C46H28N4. The van der Waals surface area contributed by atoms with E-state index >= 15 is 0 Å². The molecule has 0 atom stereocenters. The van der Waals surface area contributed by atoms with E-state index in [1.807, 2.05) is 42.5 Å². The quantitative estimate of drug-likeness (QED) is 0.176. The fourth-order valence-electron chi connectivity index (χ4n) is 7.23. The van der Waals surface area contributed by atoms with Crippen LogP contribution in [0.5, 0.6) is 0 Å². The lowest BCUT2D eigenvalue weighted by Crippen LogP contribution is -1.98. The fraction of sp³-hybridized carbons (Fsp3) is 0. The van der Waals surface area contributed by atoms with E-state index in [1.54, 1.807) is 0 Å². The van der Waals surface area contributed by atoms with Gasteiger partial charge in [-0.15, -0.1) is 0 Å². The first-order valence-electron chi connectivity index (χ1n) is 16.8.